The third kappa shape index (κ3) is 3.35. The second-order valence-electron chi connectivity index (χ2n) is 4.47. The van der Waals surface area contributed by atoms with Crippen molar-refractivity contribution in [2.75, 3.05) is 0 Å². The second kappa shape index (κ2) is 6.72. The molecule has 2 heterocycles. The van der Waals surface area contributed by atoms with Crippen LogP contribution in [0.4, 0.5) is 0 Å². The molecule has 10 heteroatoms. The lowest BCUT2D eigenvalue weighted by Gasteiger charge is -1.92. The molecule has 2 aromatic heterocycles. The lowest BCUT2D eigenvalue weighted by Crippen LogP contribution is -1.90. The Morgan fingerprint density at radius 1 is 0.870 bits per heavy atom. The van der Waals surface area contributed by atoms with Gasteiger partial charge in [-0.25, -0.2) is 0 Å². The highest BCUT2D eigenvalue weighted by atomic mass is 79.9. The van der Waals surface area contributed by atoms with Crippen molar-refractivity contribution in [3.8, 4) is 0 Å². The van der Waals surface area contributed by atoms with Crippen LogP contribution in [0.15, 0.2) is 33.2 Å². The molecule has 0 bridgehead atoms. The topological polar surface area (TPSA) is 72.3 Å². The number of rotatable bonds is 0. The van der Waals surface area contributed by atoms with Crippen molar-refractivity contribution in [3.05, 3.63) is 43.3 Å². The summed E-state index contributed by atoms with van der Waals surface area (Å²) in [7, 11) is 1.77. The number of benzene rings is 2. The number of fused-ring (bicyclic) bond motifs is 2. The van der Waals surface area contributed by atoms with E-state index >= 15 is 0 Å². The minimum atomic E-state index is 0.594. The number of aromatic nitrogens is 6. The molecule has 2 aromatic carbocycles. The van der Waals surface area contributed by atoms with E-state index in [0.29, 0.717) is 15.6 Å². The Balaban J connectivity index is 0.000000136. The molecule has 0 aliphatic rings. The van der Waals surface area contributed by atoms with Gasteiger partial charge in [0.1, 0.15) is 22.1 Å². The maximum absolute atomic E-state index is 5.98. The van der Waals surface area contributed by atoms with Crippen LogP contribution in [0.2, 0.25) is 10.0 Å². The summed E-state index contributed by atoms with van der Waals surface area (Å²) in [5.41, 5.74) is 3.01. The molecule has 0 aliphatic carbocycles. The van der Waals surface area contributed by atoms with Gasteiger partial charge in [0.2, 0.25) is 0 Å². The summed E-state index contributed by atoms with van der Waals surface area (Å²) in [6.45, 7) is 0. The highest BCUT2D eigenvalue weighted by molar-refractivity contribution is 9.10. The molecule has 4 rings (SSSR count). The molecular weight excluding hydrogens is 471 g/mol. The van der Waals surface area contributed by atoms with E-state index in [1.165, 1.54) is 4.80 Å². The quantitative estimate of drug-likeness (QED) is 0.395. The van der Waals surface area contributed by atoms with E-state index in [9.17, 15) is 0 Å². The van der Waals surface area contributed by atoms with Gasteiger partial charge in [0.05, 0.1) is 10.0 Å². The Hall–Kier alpha value is -1.22. The Bertz CT molecular complexity index is 997. The first-order valence-electron chi connectivity index (χ1n) is 6.27. The van der Waals surface area contributed by atoms with E-state index in [4.69, 9.17) is 23.2 Å². The highest BCUT2D eigenvalue weighted by Gasteiger charge is 2.07. The fourth-order valence-corrected chi connectivity index (χ4v) is 2.92. The molecule has 0 spiro atoms. The lowest BCUT2D eigenvalue weighted by molar-refractivity contribution is 0.665. The predicted molar refractivity (Wildman–Crippen MR) is 97.8 cm³/mol. The van der Waals surface area contributed by atoms with Crippen LogP contribution in [0.3, 0.4) is 0 Å². The van der Waals surface area contributed by atoms with E-state index in [1.807, 2.05) is 24.3 Å². The molecule has 118 valence electrons. The van der Waals surface area contributed by atoms with Crippen molar-refractivity contribution in [2.45, 2.75) is 0 Å². The normalized spacial score (nSPS) is 10.8. The second-order valence-corrected chi connectivity index (χ2v) is 6.94. The van der Waals surface area contributed by atoms with Gasteiger partial charge in [-0.2, -0.15) is 30.4 Å². The van der Waals surface area contributed by atoms with Gasteiger partial charge in [0, 0.05) is 16.0 Å². The van der Waals surface area contributed by atoms with Crippen LogP contribution in [-0.4, -0.2) is 30.4 Å². The number of aryl methyl sites for hydroxylation is 1. The van der Waals surface area contributed by atoms with Crippen molar-refractivity contribution in [1.82, 2.24) is 30.4 Å². The summed E-state index contributed by atoms with van der Waals surface area (Å²) >= 11 is 18.5. The van der Waals surface area contributed by atoms with Gasteiger partial charge in [-0.3, -0.25) is 0 Å². The highest BCUT2D eigenvalue weighted by Crippen LogP contribution is 2.29. The van der Waals surface area contributed by atoms with Gasteiger partial charge in [-0.15, -0.1) is 0 Å². The number of H-pyrrole nitrogens is 1. The van der Waals surface area contributed by atoms with Gasteiger partial charge in [0.15, 0.2) is 0 Å². The zero-order chi connectivity index (χ0) is 16.6. The number of aromatic amines is 1. The number of nitrogens with zero attached hydrogens (tertiary/aromatic N) is 5. The first kappa shape index (κ1) is 16.6. The molecule has 0 amide bonds. The molecule has 0 fully saturated rings. The molecule has 0 saturated heterocycles. The smallest absolute Gasteiger partial charge is 0.132 e. The van der Waals surface area contributed by atoms with E-state index in [1.54, 1.807) is 7.05 Å². The first-order chi connectivity index (χ1) is 11.0. The van der Waals surface area contributed by atoms with Crippen LogP contribution in [-0.2, 0) is 7.05 Å². The van der Waals surface area contributed by atoms with Crippen molar-refractivity contribution in [1.29, 1.82) is 0 Å². The predicted octanol–water partition coefficient (Wildman–Crippen LogP) is 4.76. The van der Waals surface area contributed by atoms with E-state index in [0.717, 1.165) is 25.5 Å². The van der Waals surface area contributed by atoms with Gasteiger partial charge in [0.25, 0.3) is 0 Å². The minimum Gasteiger partial charge on any atom is -0.197 e. The van der Waals surface area contributed by atoms with Crippen LogP contribution in [0.5, 0.6) is 0 Å². The van der Waals surface area contributed by atoms with Crippen molar-refractivity contribution in [2.24, 2.45) is 7.05 Å². The number of hydrogen-bond donors (Lipinski definition) is 1. The summed E-state index contributed by atoms with van der Waals surface area (Å²) in [5, 5.41) is 19.7. The summed E-state index contributed by atoms with van der Waals surface area (Å²) < 4.78 is 1.68. The zero-order valence-electron chi connectivity index (χ0n) is 11.6. The standard InChI is InChI=1S/C7H5BrClN3.C6H3BrClN3/c1-12-10-5-3-2-4(8)6(9)7(5)11-12;7-3-1-2-4-6(5(3)8)10-11-9-4/h2-3H,1H3;1-2H,(H,9,10,11). The third-order valence-corrected chi connectivity index (χ3v) is 5.47. The van der Waals surface area contributed by atoms with Crippen molar-refractivity contribution < 1.29 is 0 Å². The van der Waals surface area contributed by atoms with Gasteiger partial charge < -0.3 is 0 Å². The lowest BCUT2D eigenvalue weighted by atomic mass is 10.3. The van der Waals surface area contributed by atoms with Crippen LogP contribution < -0.4 is 0 Å². The first-order valence-corrected chi connectivity index (χ1v) is 8.61. The van der Waals surface area contributed by atoms with E-state index < -0.39 is 0 Å². The van der Waals surface area contributed by atoms with Crippen LogP contribution in [0.1, 0.15) is 0 Å². The molecule has 23 heavy (non-hydrogen) atoms. The number of hydrogen-bond acceptors (Lipinski definition) is 4. The molecule has 0 unspecified atom stereocenters. The molecule has 1 N–H and O–H groups in total. The fraction of sp³-hybridized carbons (Fsp3) is 0.0769. The van der Waals surface area contributed by atoms with Crippen LogP contribution >= 0.6 is 55.1 Å². The molecule has 0 atom stereocenters. The monoisotopic (exact) mass is 476 g/mol. The molecule has 0 aliphatic heterocycles. The SMILES string of the molecule is Clc1c(Br)ccc2n[nH]nc12.Cn1nc2ccc(Br)c(Cl)c2n1. The van der Waals surface area contributed by atoms with Gasteiger partial charge >= 0.3 is 0 Å². The Morgan fingerprint density at radius 2 is 1.48 bits per heavy atom. The molecule has 6 nitrogen and oxygen atoms in total. The Kier molecular flexibility index (Phi) is 4.86. The van der Waals surface area contributed by atoms with E-state index in [-0.39, 0.29) is 0 Å². The largest absolute Gasteiger partial charge is 0.197 e. The summed E-state index contributed by atoms with van der Waals surface area (Å²) in [6, 6.07) is 7.42. The fourth-order valence-electron chi connectivity index (χ4n) is 1.88. The third-order valence-electron chi connectivity index (χ3n) is 2.92. The molecule has 4 aromatic rings. The van der Waals surface area contributed by atoms with E-state index in [2.05, 4.69) is 57.5 Å². The summed E-state index contributed by atoms with van der Waals surface area (Å²) in [5.74, 6) is 0. The van der Waals surface area contributed by atoms with Crippen molar-refractivity contribution >= 4 is 77.1 Å². The van der Waals surface area contributed by atoms with Crippen molar-refractivity contribution in [3.63, 3.8) is 0 Å². The number of halogens is 4. The number of nitrogens with one attached hydrogen (secondary N) is 1. The molecule has 0 saturated carbocycles. The average Bonchev–Trinajstić information content (AvgIpc) is 3.14. The van der Waals surface area contributed by atoms with Gasteiger partial charge in [-0.1, -0.05) is 23.2 Å². The minimum absolute atomic E-state index is 0.594. The molecular formula is C13H8Br2Cl2N6. The van der Waals surface area contributed by atoms with Gasteiger partial charge in [-0.05, 0) is 56.1 Å². The maximum Gasteiger partial charge on any atom is 0.132 e. The summed E-state index contributed by atoms with van der Waals surface area (Å²) in [4.78, 5) is 1.50. The average molecular weight is 479 g/mol. The zero-order valence-corrected chi connectivity index (χ0v) is 16.2. The van der Waals surface area contributed by atoms with Crippen LogP contribution in [0, 0.1) is 0 Å². The summed E-state index contributed by atoms with van der Waals surface area (Å²) in [6.07, 6.45) is 0. The molecule has 0 radical (unpaired) electrons. The maximum atomic E-state index is 5.98. The Morgan fingerprint density at radius 3 is 2.17 bits per heavy atom. The Labute approximate surface area is 157 Å². The van der Waals surface area contributed by atoms with Crippen LogP contribution in [0.25, 0.3) is 22.1 Å².